The molecule has 0 saturated carbocycles. The van der Waals surface area contributed by atoms with Crippen molar-refractivity contribution in [2.45, 2.75) is 12.8 Å². The fourth-order valence-electron chi connectivity index (χ4n) is 2.94. The fraction of sp³-hybridized carbons (Fsp3) is 0.294. The predicted octanol–water partition coefficient (Wildman–Crippen LogP) is 2.73. The van der Waals surface area contributed by atoms with Crippen molar-refractivity contribution in [1.82, 2.24) is 19.9 Å². The third-order valence-electron chi connectivity index (χ3n) is 4.29. The van der Waals surface area contributed by atoms with Gasteiger partial charge >= 0.3 is 0 Å². The van der Waals surface area contributed by atoms with Crippen LogP contribution in [0.5, 0.6) is 0 Å². The lowest BCUT2D eigenvalue weighted by atomic mass is 10.0. The normalized spacial score (nSPS) is 15.5. The molecule has 0 unspecified atom stereocenters. The third kappa shape index (κ3) is 2.55. The molecule has 0 aliphatic carbocycles. The first-order valence-electron chi connectivity index (χ1n) is 7.65. The number of aromatic nitrogens is 3. The summed E-state index contributed by atoms with van der Waals surface area (Å²) in [5.74, 6) is 0.626. The average molecular weight is 293 g/mol. The van der Waals surface area contributed by atoms with Crippen molar-refractivity contribution in [2.75, 3.05) is 25.5 Å². The Kier molecular flexibility index (Phi) is 3.27. The summed E-state index contributed by atoms with van der Waals surface area (Å²) < 4.78 is 0. The molecule has 22 heavy (non-hydrogen) atoms. The minimum absolute atomic E-state index is 0.626. The van der Waals surface area contributed by atoms with E-state index in [-0.39, 0.29) is 0 Å². The number of hydrogen-bond donors (Lipinski definition) is 2. The van der Waals surface area contributed by atoms with Crippen molar-refractivity contribution in [3.05, 3.63) is 47.8 Å². The molecule has 0 amide bonds. The van der Waals surface area contributed by atoms with E-state index >= 15 is 0 Å². The van der Waals surface area contributed by atoms with Gasteiger partial charge in [0, 0.05) is 36.6 Å². The van der Waals surface area contributed by atoms with Gasteiger partial charge in [-0.2, -0.15) is 4.98 Å². The Morgan fingerprint density at radius 2 is 2.00 bits per heavy atom. The van der Waals surface area contributed by atoms with Crippen LogP contribution in [0.2, 0.25) is 0 Å². The van der Waals surface area contributed by atoms with E-state index in [0.29, 0.717) is 5.95 Å². The van der Waals surface area contributed by atoms with Crippen molar-refractivity contribution in [3.8, 4) is 0 Å². The molecule has 3 heterocycles. The number of hydrogen-bond acceptors (Lipinski definition) is 4. The lowest BCUT2D eigenvalue weighted by molar-refractivity contribution is 0.352. The molecule has 3 aromatic rings. The second kappa shape index (κ2) is 5.42. The van der Waals surface area contributed by atoms with Gasteiger partial charge in [-0.05, 0) is 49.2 Å². The summed E-state index contributed by atoms with van der Waals surface area (Å²) in [5.41, 5.74) is 4.79. The zero-order chi connectivity index (χ0) is 14.9. The van der Waals surface area contributed by atoms with E-state index in [1.54, 1.807) is 0 Å². The monoisotopic (exact) mass is 293 g/mol. The molecule has 112 valence electrons. The summed E-state index contributed by atoms with van der Waals surface area (Å²) in [4.78, 5) is 14.4. The molecule has 5 nitrogen and oxygen atoms in total. The highest BCUT2D eigenvalue weighted by Gasteiger charge is 2.12. The number of fused-ring (bicyclic) bond motifs is 2. The number of likely N-dealkylation sites (N-methyl/N-ethyl adjacent to an activating group) is 1. The van der Waals surface area contributed by atoms with Crippen LogP contribution in [0, 0.1) is 0 Å². The first-order chi connectivity index (χ1) is 10.8. The van der Waals surface area contributed by atoms with Gasteiger partial charge in [0.25, 0.3) is 0 Å². The van der Waals surface area contributed by atoms with Gasteiger partial charge in [-0.1, -0.05) is 6.07 Å². The number of nitrogens with zero attached hydrogens (tertiary/aromatic N) is 3. The molecule has 0 spiro atoms. The molecule has 0 atom stereocenters. The van der Waals surface area contributed by atoms with Gasteiger partial charge in [0.15, 0.2) is 0 Å². The second-order valence-corrected chi connectivity index (χ2v) is 5.89. The van der Waals surface area contributed by atoms with Gasteiger partial charge in [-0.3, -0.25) is 0 Å². The topological polar surface area (TPSA) is 56.8 Å². The summed E-state index contributed by atoms with van der Waals surface area (Å²) in [6.45, 7) is 2.24. The first kappa shape index (κ1) is 13.3. The van der Waals surface area contributed by atoms with E-state index in [4.69, 9.17) is 0 Å². The first-order valence-corrected chi connectivity index (χ1v) is 7.65. The van der Waals surface area contributed by atoms with Crippen LogP contribution in [-0.2, 0) is 12.8 Å². The maximum absolute atomic E-state index is 4.49. The number of aromatic amines is 1. The molecular weight excluding hydrogens is 274 g/mol. The second-order valence-electron chi connectivity index (χ2n) is 5.89. The SMILES string of the molecule is CN1CCc2ccc(Nc3ncc4cc[nH]c4n3)cc2CC1. The predicted molar refractivity (Wildman–Crippen MR) is 88.5 cm³/mol. The molecule has 0 fully saturated rings. The van der Waals surface area contributed by atoms with Gasteiger partial charge in [-0.15, -0.1) is 0 Å². The van der Waals surface area contributed by atoms with Crippen molar-refractivity contribution < 1.29 is 0 Å². The maximum Gasteiger partial charge on any atom is 0.229 e. The number of anilines is 2. The number of rotatable bonds is 2. The molecule has 0 bridgehead atoms. The minimum atomic E-state index is 0.626. The van der Waals surface area contributed by atoms with Gasteiger partial charge in [0.2, 0.25) is 5.95 Å². The van der Waals surface area contributed by atoms with Crippen LogP contribution in [0.15, 0.2) is 36.7 Å². The highest BCUT2D eigenvalue weighted by atomic mass is 15.1. The molecule has 2 aromatic heterocycles. The van der Waals surface area contributed by atoms with Crippen LogP contribution >= 0.6 is 0 Å². The van der Waals surface area contributed by atoms with Gasteiger partial charge in [0.1, 0.15) is 5.65 Å². The Hall–Kier alpha value is -2.40. The van der Waals surface area contributed by atoms with Crippen LogP contribution in [0.25, 0.3) is 11.0 Å². The maximum atomic E-state index is 4.49. The van der Waals surface area contributed by atoms with Crippen LogP contribution < -0.4 is 5.32 Å². The smallest absolute Gasteiger partial charge is 0.229 e. The van der Waals surface area contributed by atoms with Crippen LogP contribution in [0.3, 0.4) is 0 Å². The number of H-pyrrole nitrogens is 1. The largest absolute Gasteiger partial charge is 0.346 e. The lowest BCUT2D eigenvalue weighted by Crippen LogP contribution is -2.20. The summed E-state index contributed by atoms with van der Waals surface area (Å²) in [7, 11) is 2.18. The van der Waals surface area contributed by atoms with Crippen molar-refractivity contribution in [1.29, 1.82) is 0 Å². The Labute approximate surface area is 129 Å². The Morgan fingerprint density at radius 3 is 2.91 bits per heavy atom. The standard InChI is InChI=1S/C17H19N5/c1-22-8-5-12-2-3-15(10-13(12)6-9-22)20-17-19-11-14-4-7-18-16(14)21-17/h2-4,7,10-11H,5-6,8-9H2,1H3,(H2,18,19,20,21). The molecular formula is C17H19N5. The van der Waals surface area contributed by atoms with Crippen molar-refractivity contribution in [3.63, 3.8) is 0 Å². The Balaban J connectivity index is 1.60. The van der Waals surface area contributed by atoms with Gasteiger partial charge in [-0.25, -0.2) is 4.98 Å². The zero-order valence-corrected chi connectivity index (χ0v) is 12.6. The molecule has 0 radical (unpaired) electrons. The van der Waals surface area contributed by atoms with E-state index in [2.05, 4.69) is 50.4 Å². The molecule has 0 saturated heterocycles. The van der Waals surface area contributed by atoms with E-state index in [1.807, 2.05) is 18.5 Å². The summed E-state index contributed by atoms with van der Waals surface area (Å²) in [6, 6.07) is 8.55. The Morgan fingerprint density at radius 1 is 1.14 bits per heavy atom. The van der Waals surface area contributed by atoms with E-state index < -0.39 is 0 Å². The molecule has 1 aliphatic heterocycles. The highest BCUT2D eigenvalue weighted by molar-refractivity contribution is 5.75. The van der Waals surface area contributed by atoms with Crippen LogP contribution in [-0.4, -0.2) is 40.0 Å². The fourth-order valence-corrected chi connectivity index (χ4v) is 2.94. The molecule has 4 rings (SSSR count). The molecule has 5 heteroatoms. The average Bonchev–Trinajstić information content (AvgIpc) is 2.91. The number of benzene rings is 1. The summed E-state index contributed by atoms with van der Waals surface area (Å²) in [6.07, 6.45) is 5.93. The minimum Gasteiger partial charge on any atom is -0.346 e. The molecule has 1 aromatic carbocycles. The molecule has 2 N–H and O–H groups in total. The van der Waals surface area contributed by atoms with Gasteiger partial charge < -0.3 is 15.2 Å². The highest BCUT2D eigenvalue weighted by Crippen LogP contribution is 2.22. The van der Waals surface area contributed by atoms with E-state index in [0.717, 1.165) is 42.7 Å². The summed E-state index contributed by atoms with van der Waals surface area (Å²) >= 11 is 0. The zero-order valence-electron chi connectivity index (χ0n) is 12.6. The molecule has 1 aliphatic rings. The van der Waals surface area contributed by atoms with E-state index in [9.17, 15) is 0 Å². The van der Waals surface area contributed by atoms with E-state index in [1.165, 1.54) is 11.1 Å². The van der Waals surface area contributed by atoms with Crippen LogP contribution in [0.1, 0.15) is 11.1 Å². The van der Waals surface area contributed by atoms with Crippen molar-refractivity contribution >= 4 is 22.7 Å². The van der Waals surface area contributed by atoms with Crippen LogP contribution in [0.4, 0.5) is 11.6 Å². The number of nitrogens with one attached hydrogen (secondary N) is 2. The summed E-state index contributed by atoms with van der Waals surface area (Å²) in [5, 5.41) is 4.34. The van der Waals surface area contributed by atoms with Gasteiger partial charge in [0.05, 0.1) is 0 Å². The lowest BCUT2D eigenvalue weighted by Gasteiger charge is -2.10. The van der Waals surface area contributed by atoms with Crippen molar-refractivity contribution in [2.24, 2.45) is 0 Å². The quantitative estimate of drug-likeness (QED) is 0.763. The third-order valence-corrected chi connectivity index (χ3v) is 4.29. The Bertz CT molecular complexity index is 808.